The molecule has 1 aliphatic heterocycles. The number of hydrogen-bond acceptors (Lipinski definition) is 4. The molecule has 3 heterocycles. The Bertz CT molecular complexity index is 666. The molecule has 0 aliphatic carbocycles. The average molecular weight is 315 g/mol. The summed E-state index contributed by atoms with van der Waals surface area (Å²) in [4.78, 5) is 24.4. The Morgan fingerprint density at radius 3 is 2.73 bits per heavy atom. The summed E-state index contributed by atoms with van der Waals surface area (Å²) in [5.74, 6) is 0.487. The van der Waals surface area contributed by atoms with E-state index in [0.717, 1.165) is 35.0 Å². The Morgan fingerprint density at radius 2 is 2.09 bits per heavy atom. The predicted octanol–water partition coefficient (Wildman–Crippen LogP) is 3.95. The number of pyridine rings is 1. The zero-order valence-corrected chi connectivity index (χ0v) is 14.1. The second kappa shape index (κ2) is 6.16. The van der Waals surface area contributed by atoms with Gasteiger partial charge in [0.2, 0.25) is 0 Å². The Kier molecular flexibility index (Phi) is 4.25. The van der Waals surface area contributed by atoms with Crippen molar-refractivity contribution in [3.8, 4) is 0 Å². The number of aromatic nitrogens is 2. The summed E-state index contributed by atoms with van der Waals surface area (Å²) in [6.07, 6.45) is 5.66. The highest BCUT2D eigenvalue weighted by atomic mass is 32.1. The first-order chi connectivity index (χ1) is 10.6. The van der Waals surface area contributed by atoms with Crippen molar-refractivity contribution in [2.75, 3.05) is 6.54 Å². The Hall–Kier alpha value is -1.75. The van der Waals surface area contributed by atoms with E-state index in [1.54, 1.807) is 23.7 Å². The summed E-state index contributed by atoms with van der Waals surface area (Å²) in [7, 11) is 0. The molecular formula is C17H21N3OS. The van der Waals surface area contributed by atoms with Crippen molar-refractivity contribution in [1.29, 1.82) is 0 Å². The van der Waals surface area contributed by atoms with Gasteiger partial charge in [0.15, 0.2) is 0 Å². The van der Waals surface area contributed by atoms with Gasteiger partial charge in [-0.2, -0.15) is 0 Å². The summed E-state index contributed by atoms with van der Waals surface area (Å²) < 4.78 is 0. The highest BCUT2D eigenvalue weighted by molar-refractivity contribution is 7.13. The molecule has 0 saturated carbocycles. The number of likely N-dealkylation sites (tertiary alicyclic amines) is 1. The van der Waals surface area contributed by atoms with Crippen molar-refractivity contribution >= 4 is 17.2 Å². The fourth-order valence-corrected chi connectivity index (χ4v) is 3.96. The quantitative estimate of drug-likeness (QED) is 0.861. The number of thiazole rings is 1. The van der Waals surface area contributed by atoms with Crippen LogP contribution in [-0.4, -0.2) is 27.3 Å². The molecule has 0 aromatic carbocycles. The van der Waals surface area contributed by atoms with E-state index in [9.17, 15) is 4.79 Å². The predicted molar refractivity (Wildman–Crippen MR) is 88.2 cm³/mol. The lowest BCUT2D eigenvalue weighted by molar-refractivity contribution is 0.0739. The molecule has 0 radical (unpaired) electrons. The van der Waals surface area contributed by atoms with Crippen molar-refractivity contribution in [2.45, 2.75) is 45.6 Å². The van der Waals surface area contributed by atoms with Gasteiger partial charge >= 0.3 is 0 Å². The maximum atomic E-state index is 13.0. The van der Waals surface area contributed by atoms with Crippen LogP contribution in [0.2, 0.25) is 0 Å². The second-order valence-electron chi connectivity index (χ2n) is 6.06. The second-order valence-corrected chi connectivity index (χ2v) is 7.09. The van der Waals surface area contributed by atoms with E-state index in [1.165, 1.54) is 5.56 Å². The molecule has 0 N–H and O–H groups in total. The van der Waals surface area contributed by atoms with Crippen LogP contribution in [0.3, 0.4) is 0 Å². The number of rotatable bonds is 3. The highest BCUT2D eigenvalue weighted by Gasteiger charge is 2.32. The molecule has 3 rings (SSSR count). The molecule has 1 fully saturated rings. The lowest BCUT2D eigenvalue weighted by Crippen LogP contribution is -2.30. The first-order valence-electron chi connectivity index (χ1n) is 7.76. The van der Waals surface area contributed by atoms with Crippen LogP contribution in [0.4, 0.5) is 0 Å². The lowest BCUT2D eigenvalue weighted by atomic mass is 10.1. The molecule has 1 aliphatic rings. The van der Waals surface area contributed by atoms with E-state index in [-0.39, 0.29) is 11.9 Å². The molecule has 1 unspecified atom stereocenters. The fraction of sp³-hybridized carbons (Fsp3) is 0.471. The monoisotopic (exact) mass is 315 g/mol. The van der Waals surface area contributed by atoms with Crippen LogP contribution in [0, 0.1) is 6.92 Å². The Balaban J connectivity index is 1.88. The molecular weight excluding hydrogens is 294 g/mol. The maximum absolute atomic E-state index is 13.0. The number of carbonyl (C=O) groups is 1. The molecule has 1 atom stereocenters. The summed E-state index contributed by atoms with van der Waals surface area (Å²) in [5.41, 5.74) is 2.03. The van der Waals surface area contributed by atoms with Gasteiger partial charge in [-0.05, 0) is 37.5 Å². The summed E-state index contributed by atoms with van der Waals surface area (Å²) in [5, 5.41) is 1.04. The molecule has 116 valence electrons. The zero-order valence-electron chi connectivity index (χ0n) is 13.2. The van der Waals surface area contributed by atoms with Gasteiger partial charge in [0.1, 0.15) is 4.88 Å². The van der Waals surface area contributed by atoms with Crippen LogP contribution >= 0.6 is 11.3 Å². The molecule has 1 amide bonds. The van der Waals surface area contributed by atoms with Gasteiger partial charge < -0.3 is 4.90 Å². The standard InChI is InChI=1S/C17H21N3OS/c1-11(2)16-19-12(3)15(22-16)17(21)20-10-4-5-14(20)13-6-8-18-9-7-13/h6-9,11,14H,4-5,10H2,1-3H3. The third kappa shape index (κ3) is 2.77. The van der Waals surface area contributed by atoms with E-state index in [0.29, 0.717) is 5.92 Å². The normalized spacial score (nSPS) is 18.2. The van der Waals surface area contributed by atoms with Gasteiger partial charge in [-0.25, -0.2) is 4.98 Å². The summed E-state index contributed by atoms with van der Waals surface area (Å²) >= 11 is 1.55. The number of aryl methyl sites for hydroxylation is 1. The average Bonchev–Trinajstić information content (AvgIpc) is 3.14. The first kappa shape index (κ1) is 15.2. The molecule has 0 spiro atoms. The molecule has 22 heavy (non-hydrogen) atoms. The van der Waals surface area contributed by atoms with Crippen LogP contribution in [0.1, 0.15) is 64.6 Å². The number of carbonyl (C=O) groups excluding carboxylic acids is 1. The van der Waals surface area contributed by atoms with Crippen LogP contribution in [0.25, 0.3) is 0 Å². The minimum absolute atomic E-state index is 0.126. The van der Waals surface area contributed by atoms with E-state index < -0.39 is 0 Å². The molecule has 4 nitrogen and oxygen atoms in total. The smallest absolute Gasteiger partial charge is 0.266 e. The molecule has 0 bridgehead atoms. The molecule has 1 saturated heterocycles. The Morgan fingerprint density at radius 1 is 1.36 bits per heavy atom. The highest BCUT2D eigenvalue weighted by Crippen LogP contribution is 2.35. The van der Waals surface area contributed by atoms with E-state index >= 15 is 0 Å². The van der Waals surface area contributed by atoms with E-state index in [2.05, 4.69) is 23.8 Å². The third-order valence-corrected chi connectivity index (χ3v) is 5.55. The first-order valence-corrected chi connectivity index (χ1v) is 8.57. The molecule has 5 heteroatoms. The number of amides is 1. The van der Waals surface area contributed by atoms with Gasteiger partial charge in [0.05, 0.1) is 16.7 Å². The molecule has 2 aromatic rings. The van der Waals surface area contributed by atoms with Crippen LogP contribution in [-0.2, 0) is 0 Å². The maximum Gasteiger partial charge on any atom is 0.266 e. The van der Waals surface area contributed by atoms with Crippen molar-refractivity contribution < 1.29 is 4.79 Å². The van der Waals surface area contributed by atoms with Crippen LogP contribution in [0.15, 0.2) is 24.5 Å². The van der Waals surface area contributed by atoms with Gasteiger partial charge in [0.25, 0.3) is 5.91 Å². The van der Waals surface area contributed by atoms with Crippen LogP contribution < -0.4 is 0 Å². The van der Waals surface area contributed by atoms with E-state index in [1.807, 2.05) is 24.0 Å². The Labute approximate surface area is 135 Å². The van der Waals surface area contributed by atoms with Gasteiger partial charge in [0, 0.05) is 24.9 Å². The minimum Gasteiger partial charge on any atom is -0.331 e. The fourth-order valence-electron chi connectivity index (χ4n) is 2.94. The molecule has 2 aromatic heterocycles. The van der Waals surface area contributed by atoms with E-state index in [4.69, 9.17) is 0 Å². The van der Waals surface area contributed by atoms with Gasteiger partial charge in [-0.15, -0.1) is 11.3 Å². The minimum atomic E-state index is 0.126. The number of hydrogen-bond donors (Lipinski definition) is 0. The van der Waals surface area contributed by atoms with Crippen molar-refractivity contribution in [2.24, 2.45) is 0 Å². The number of nitrogens with zero attached hydrogens (tertiary/aromatic N) is 3. The summed E-state index contributed by atoms with van der Waals surface area (Å²) in [6, 6.07) is 4.18. The SMILES string of the molecule is Cc1nc(C(C)C)sc1C(=O)N1CCCC1c1ccncc1. The van der Waals surface area contributed by atoms with Crippen molar-refractivity contribution in [3.63, 3.8) is 0 Å². The van der Waals surface area contributed by atoms with Crippen molar-refractivity contribution in [1.82, 2.24) is 14.9 Å². The topological polar surface area (TPSA) is 46.1 Å². The van der Waals surface area contributed by atoms with Gasteiger partial charge in [-0.3, -0.25) is 9.78 Å². The third-order valence-electron chi connectivity index (χ3n) is 4.11. The van der Waals surface area contributed by atoms with Crippen LogP contribution in [0.5, 0.6) is 0 Å². The largest absolute Gasteiger partial charge is 0.331 e. The zero-order chi connectivity index (χ0) is 15.7. The lowest BCUT2D eigenvalue weighted by Gasteiger charge is -2.24. The van der Waals surface area contributed by atoms with Gasteiger partial charge in [-0.1, -0.05) is 13.8 Å². The summed E-state index contributed by atoms with van der Waals surface area (Å²) in [6.45, 7) is 6.98. The van der Waals surface area contributed by atoms with Crippen molar-refractivity contribution in [3.05, 3.63) is 45.7 Å².